The van der Waals surface area contributed by atoms with Crippen molar-refractivity contribution < 1.29 is 38.4 Å². The molecule has 1 aliphatic rings. The lowest BCUT2D eigenvalue weighted by Crippen LogP contribution is -2.56. The van der Waals surface area contributed by atoms with Gasteiger partial charge in [-0.25, -0.2) is 4.98 Å². The lowest BCUT2D eigenvalue weighted by Gasteiger charge is -2.29. The van der Waals surface area contributed by atoms with E-state index in [1.54, 1.807) is 30.5 Å². The van der Waals surface area contributed by atoms with Gasteiger partial charge in [-0.2, -0.15) is 0 Å². The number of H-pyrrole nitrogens is 2. The number of amides is 8. The number of nitrogens with zero attached hydrogens (tertiary/aromatic N) is 2. The van der Waals surface area contributed by atoms with Gasteiger partial charge in [-0.15, -0.1) is 0 Å². The molecule has 8 amide bonds. The van der Waals surface area contributed by atoms with Gasteiger partial charge >= 0.3 is 0 Å². The molecule has 0 bridgehead atoms. The van der Waals surface area contributed by atoms with Gasteiger partial charge in [0.05, 0.1) is 17.6 Å². The molecule has 1 unspecified atom stereocenters. The predicted molar refractivity (Wildman–Crippen MR) is 229 cm³/mol. The van der Waals surface area contributed by atoms with Gasteiger partial charge in [0.2, 0.25) is 41.4 Å². The van der Waals surface area contributed by atoms with Crippen molar-refractivity contribution >= 4 is 63.8 Å². The van der Waals surface area contributed by atoms with E-state index in [-0.39, 0.29) is 37.3 Å². The van der Waals surface area contributed by atoms with Crippen LogP contribution in [0.1, 0.15) is 80.9 Å². The number of carbonyl (C=O) groups excluding carboxylic acids is 8. The van der Waals surface area contributed by atoms with Gasteiger partial charge in [0.15, 0.2) is 0 Å². The predicted octanol–water partition coefficient (Wildman–Crippen LogP) is 1.08. The zero-order valence-electron chi connectivity index (χ0n) is 35.0. The third kappa shape index (κ3) is 12.5. The Bertz CT molecular complexity index is 2240. The molecule has 0 saturated carbocycles. The maximum Gasteiger partial charge on any atom is 0.257 e. The number of aromatic amines is 2. The molecule has 0 aliphatic carbocycles. The van der Waals surface area contributed by atoms with Crippen LogP contribution in [0.2, 0.25) is 0 Å². The molecule has 2 aromatic carbocycles. The van der Waals surface area contributed by atoms with Crippen LogP contribution in [0.15, 0.2) is 67.3 Å². The molecule has 5 atom stereocenters. The molecule has 0 saturated heterocycles. The maximum atomic E-state index is 14.0. The Labute approximate surface area is 358 Å². The van der Waals surface area contributed by atoms with Crippen molar-refractivity contribution in [2.24, 2.45) is 5.73 Å². The molecule has 62 heavy (non-hydrogen) atoms. The molecular weight excluding hydrogens is 799 g/mol. The zero-order chi connectivity index (χ0) is 44.8. The SMILES string of the molecule is CCCC[C@H](NC(C)=O)C(=O)N[C@@H](C)C(=O)N[C@@H](Cc1cnc[nH]1)C(=O)NCCCCC1C(=O)Nc2ccccc2C(=O)N1CC(=O)N[C@@H](Cc1c[nH]c2ccccc12)C(N)=O. The first-order valence-corrected chi connectivity index (χ1v) is 20.7. The first kappa shape index (κ1) is 46.0. The highest BCUT2D eigenvalue weighted by molar-refractivity contribution is 6.10. The van der Waals surface area contributed by atoms with E-state index in [9.17, 15) is 38.4 Å². The topological polar surface area (TPSA) is 282 Å². The number of aromatic nitrogens is 3. The number of carbonyl (C=O) groups is 8. The minimum atomic E-state index is -1.10. The van der Waals surface area contributed by atoms with Crippen LogP contribution in [0.5, 0.6) is 0 Å². The van der Waals surface area contributed by atoms with E-state index in [1.807, 2.05) is 31.2 Å². The average molecular weight is 854 g/mol. The van der Waals surface area contributed by atoms with Gasteiger partial charge in [-0.3, -0.25) is 38.4 Å². The van der Waals surface area contributed by atoms with Gasteiger partial charge in [-0.1, -0.05) is 50.1 Å². The number of nitrogens with one attached hydrogen (secondary N) is 8. The third-order valence-corrected chi connectivity index (χ3v) is 10.6. The van der Waals surface area contributed by atoms with Crippen LogP contribution in [-0.2, 0) is 46.4 Å². The Morgan fingerprint density at radius 1 is 0.839 bits per heavy atom. The lowest BCUT2D eigenvalue weighted by molar-refractivity contribution is -0.133. The Kier molecular flexibility index (Phi) is 16.3. The van der Waals surface area contributed by atoms with Crippen molar-refractivity contribution in [1.82, 2.24) is 46.4 Å². The molecule has 0 fully saturated rings. The second kappa shape index (κ2) is 22.0. The van der Waals surface area contributed by atoms with Gasteiger partial charge in [-0.05, 0) is 56.4 Å². The summed E-state index contributed by atoms with van der Waals surface area (Å²) < 4.78 is 0. The number of para-hydroxylation sites is 2. The Hall–Kier alpha value is -7.05. The molecule has 19 nitrogen and oxygen atoms in total. The lowest BCUT2D eigenvalue weighted by atomic mass is 10.0. The average Bonchev–Trinajstić information content (AvgIpc) is 3.90. The number of hydrogen-bond donors (Lipinski definition) is 9. The molecule has 3 heterocycles. The number of primary amides is 1. The summed E-state index contributed by atoms with van der Waals surface area (Å²) in [5.41, 5.74) is 8.38. The van der Waals surface area contributed by atoms with Crippen molar-refractivity contribution in [1.29, 1.82) is 0 Å². The van der Waals surface area contributed by atoms with E-state index in [0.29, 0.717) is 37.1 Å². The third-order valence-electron chi connectivity index (χ3n) is 10.6. The number of fused-ring (bicyclic) bond motifs is 2. The van der Waals surface area contributed by atoms with Crippen LogP contribution in [0.4, 0.5) is 5.69 Å². The number of imidazole rings is 1. The fourth-order valence-corrected chi connectivity index (χ4v) is 7.26. The highest BCUT2D eigenvalue weighted by atomic mass is 16.2. The number of hydrogen-bond acceptors (Lipinski definition) is 9. The first-order chi connectivity index (χ1) is 29.7. The number of rotatable bonds is 22. The molecule has 330 valence electrons. The highest BCUT2D eigenvalue weighted by Gasteiger charge is 2.37. The van der Waals surface area contributed by atoms with E-state index in [1.165, 1.54) is 31.3 Å². The molecule has 0 spiro atoms. The summed E-state index contributed by atoms with van der Waals surface area (Å²) in [6.45, 7) is 4.33. The first-order valence-electron chi connectivity index (χ1n) is 20.7. The minimum Gasteiger partial charge on any atom is -0.368 e. The standard InChI is InChI=1S/C43H55N11O8/c1-4-5-14-33(50-26(3)55)41(60)49-25(2)39(58)53-35(20-28-22-45-24-48-28)40(59)46-18-11-10-17-36-42(61)52-32-16-9-7-13-30(32)43(62)54(36)23-37(56)51-34(38(44)57)19-27-21-47-31-15-8-6-12-29(27)31/h6-9,12-13,15-16,21-22,24-25,33-36,47H,4-5,10-11,14,17-20,23H2,1-3H3,(H2,44,57)(H,45,48)(H,46,59)(H,49,60)(H,50,55)(H,51,56)(H,52,61)(H,53,58)/t25-,33-,34-,35-,36?/m0/s1. The summed E-state index contributed by atoms with van der Waals surface area (Å²) in [5, 5.41) is 17.1. The van der Waals surface area contributed by atoms with Crippen LogP contribution in [0, 0.1) is 0 Å². The Morgan fingerprint density at radius 3 is 2.32 bits per heavy atom. The monoisotopic (exact) mass is 853 g/mol. The summed E-state index contributed by atoms with van der Waals surface area (Å²) in [5.74, 6) is -4.56. The fourth-order valence-electron chi connectivity index (χ4n) is 7.26. The molecule has 1 aliphatic heterocycles. The molecule has 19 heteroatoms. The van der Waals surface area contributed by atoms with Crippen molar-refractivity contribution in [2.75, 3.05) is 18.4 Å². The number of unbranched alkanes of at least 4 members (excludes halogenated alkanes) is 2. The van der Waals surface area contributed by atoms with Crippen LogP contribution in [0.3, 0.4) is 0 Å². The van der Waals surface area contributed by atoms with Crippen molar-refractivity contribution in [3.63, 3.8) is 0 Å². The zero-order valence-corrected chi connectivity index (χ0v) is 35.0. The number of benzene rings is 2. The van der Waals surface area contributed by atoms with Crippen molar-refractivity contribution in [3.05, 3.63) is 84.1 Å². The van der Waals surface area contributed by atoms with E-state index >= 15 is 0 Å². The van der Waals surface area contributed by atoms with Gasteiger partial charge in [0.25, 0.3) is 5.91 Å². The van der Waals surface area contributed by atoms with Crippen LogP contribution < -0.4 is 37.6 Å². The molecule has 4 aromatic rings. The number of anilines is 1. The smallest absolute Gasteiger partial charge is 0.257 e. The normalized spacial score (nSPS) is 15.5. The molecule has 10 N–H and O–H groups in total. The quantitative estimate of drug-likeness (QED) is 0.0511. The van der Waals surface area contributed by atoms with E-state index in [2.05, 4.69) is 46.9 Å². The molecule has 2 aromatic heterocycles. The fraction of sp³-hybridized carbons (Fsp3) is 0.419. The van der Waals surface area contributed by atoms with Crippen LogP contribution >= 0.6 is 0 Å². The Morgan fingerprint density at radius 2 is 1.60 bits per heavy atom. The largest absolute Gasteiger partial charge is 0.368 e. The van der Waals surface area contributed by atoms with E-state index in [4.69, 9.17) is 5.73 Å². The second-order valence-corrected chi connectivity index (χ2v) is 15.3. The molecule has 5 rings (SSSR count). The summed E-state index contributed by atoms with van der Waals surface area (Å²) in [7, 11) is 0. The van der Waals surface area contributed by atoms with Gasteiger partial charge < -0.3 is 52.5 Å². The summed E-state index contributed by atoms with van der Waals surface area (Å²) in [6.07, 6.45) is 7.55. The molecular formula is C43H55N11O8. The summed E-state index contributed by atoms with van der Waals surface area (Å²) in [6, 6.07) is 8.83. The van der Waals surface area contributed by atoms with E-state index < -0.39 is 78.1 Å². The summed E-state index contributed by atoms with van der Waals surface area (Å²) >= 11 is 0. The second-order valence-electron chi connectivity index (χ2n) is 15.3. The van der Waals surface area contributed by atoms with E-state index in [0.717, 1.165) is 22.9 Å². The van der Waals surface area contributed by atoms with Gasteiger partial charge in [0, 0.05) is 55.3 Å². The van der Waals surface area contributed by atoms with Crippen LogP contribution in [0.25, 0.3) is 10.9 Å². The van der Waals surface area contributed by atoms with Crippen molar-refractivity contribution in [2.45, 2.75) is 102 Å². The minimum absolute atomic E-state index is 0.0591. The van der Waals surface area contributed by atoms with Crippen LogP contribution in [-0.4, -0.2) is 110 Å². The Balaban J connectivity index is 1.20. The highest BCUT2D eigenvalue weighted by Crippen LogP contribution is 2.25. The van der Waals surface area contributed by atoms with Gasteiger partial charge in [0.1, 0.15) is 36.8 Å². The van der Waals surface area contributed by atoms with Crippen molar-refractivity contribution in [3.8, 4) is 0 Å². The molecule has 0 radical (unpaired) electrons. The summed E-state index contributed by atoms with van der Waals surface area (Å²) in [4.78, 5) is 116. The number of nitrogens with two attached hydrogens (primary N) is 1. The maximum absolute atomic E-state index is 14.0.